The lowest BCUT2D eigenvalue weighted by Gasteiger charge is -2.14. The first-order chi connectivity index (χ1) is 12.2. The molecule has 3 heteroatoms. The number of hydrogen-bond donors (Lipinski definition) is 1. The lowest BCUT2D eigenvalue weighted by molar-refractivity contribution is 0.103. The van der Waals surface area contributed by atoms with E-state index in [1.54, 1.807) is 30.3 Å². The second kappa shape index (κ2) is 9.67. The summed E-state index contributed by atoms with van der Waals surface area (Å²) in [5.41, 5.74) is 1.46. The summed E-state index contributed by atoms with van der Waals surface area (Å²) in [4.78, 5) is 12.6. The van der Waals surface area contributed by atoms with Crippen LogP contribution in [0.4, 0.5) is 0 Å². The third-order valence-electron chi connectivity index (χ3n) is 4.12. The average molecular weight is 338 g/mol. The van der Waals surface area contributed by atoms with Crippen LogP contribution in [0.15, 0.2) is 55.1 Å². The summed E-state index contributed by atoms with van der Waals surface area (Å²) in [5, 5.41) is 10.6. The zero-order valence-corrected chi connectivity index (χ0v) is 14.8. The van der Waals surface area contributed by atoms with Crippen LogP contribution in [-0.4, -0.2) is 17.5 Å². The first-order valence-corrected chi connectivity index (χ1v) is 8.87. The number of carbonyl (C=O) groups excluding carboxylic acids is 1. The van der Waals surface area contributed by atoms with Crippen molar-refractivity contribution in [3.8, 4) is 11.5 Å². The van der Waals surface area contributed by atoms with Crippen LogP contribution >= 0.6 is 0 Å². The number of phenols is 1. The van der Waals surface area contributed by atoms with Gasteiger partial charge in [0.25, 0.3) is 0 Å². The van der Waals surface area contributed by atoms with Gasteiger partial charge in [-0.2, -0.15) is 0 Å². The minimum atomic E-state index is -0.196. The van der Waals surface area contributed by atoms with Crippen LogP contribution in [0.3, 0.4) is 0 Å². The highest BCUT2D eigenvalue weighted by molar-refractivity contribution is 6.11. The van der Waals surface area contributed by atoms with Crippen LogP contribution < -0.4 is 4.74 Å². The second-order valence-electron chi connectivity index (χ2n) is 6.04. The van der Waals surface area contributed by atoms with E-state index in [0.717, 1.165) is 12.8 Å². The largest absolute Gasteiger partial charge is 0.507 e. The Kier molecular flexibility index (Phi) is 7.27. The van der Waals surface area contributed by atoms with Gasteiger partial charge in [0.2, 0.25) is 0 Å². The van der Waals surface area contributed by atoms with E-state index in [-0.39, 0.29) is 11.5 Å². The monoisotopic (exact) mass is 338 g/mol. The maximum Gasteiger partial charge on any atom is 0.196 e. The summed E-state index contributed by atoms with van der Waals surface area (Å²) < 4.78 is 5.84. The van der Waals surface area contributed by atoms with E-state index < -0.39 is 0 Å². The van der Waals surface area contributed by atoms with E-state index in [1.165, 1.54) is 12.8 Å². The van der Waals surface area contributed by atoms with E-state index in [1.807, 2.05) is 18.2 Å². The van der Waals surface area contributed by atoms with Crippen LogP contribution in [0.25, 0.3) is 0 Å². The molecule has 25 heavy (non-hydrogen) atoms. The molecule has 2 aromatic carbocycles. The lowest BCUT2D eigenvalue weighted by atomic mass is 9.98. The Morgan fingerprint density at radius 2 is 1.88 bits per heavy atom. The molecule has 0 heterocycles. The minimum Gasteiger partial charge on any atom is -0.507 e. The van der Waals surface area contributed by atoms with Crippen molar-refractivity contribution in [3.63, 3.8) is 0 Å². The zero-order valence-electron chi connectivity index (χ0n) is 14.8. The summed E-state index contributed by atoms with van der Waals surface area (Å²) in [6.07, 6.45) is 6.63. The molecule has 0 atom stereocenters. The molecule has 0 saturated carbocycles. The number of ether oxygens (including phenoxy) is 1. The minimum absolute atomic E-state index is 0.0141. The van der Waals surface area contributed by atoms with Gasteiger partial charge in [0, 0.05) is 11.1 Å². The molecule has 3 nitrogen and oxygen atoms in total. The number of hydrogen-bond acceptors (Lipinski definition) is 3. The number of carbonyl (C=O) groups is 1. The van der Waals surface area contributed by atoms with E-state index in [2.05, 4.69) is 13.5 Å². The number of unbranched alkanes of at least 4 members (excludes halogenated alkanes) is 3. The van der Waals surface area contributed by atoms with E-state index in [9.17, 15) is 9.90 Å². The predicted molar refractivity (Wildman–Crippen MR) is 102 cm³/mol. The molecule has 0 radical (unpaired) electrons. The Balaban J connectivity index is 2.22. The van der Waals surface area contributed by atoms with Gasteiger partial charge in [0.15, 0.2) is 5.78 Å². The van der Waals surface area contributed by atoms with Crippen molar-refractivity contribution in [1.82, 2.24) is 0 Å². The van der Waals surface area contributed by atoms with Gasteiger partial charge >= 0.3 is 0 Å². The Labute approximate surface area is 150 Å². The first-order valence-electron chi connectivity index (χ1n) is 8.87. The molecule has 2 rings (SSSR count). The van der Waals surface area contributed by atoms with Gasteiger partial charge in [0.05, 0.1) is 12.2 Å². The molecule has 0 fully saturated rings. The Morgan fingerprint density at radius 1 is 1.12 bits per heavy atom. The SMILES string of the molecule is C=CCc1c(OCCCCCC)ccc(C(=O)c2ccccc2)c1O. The molecule has 0 aromatic heterocycles. The smallest absolute Gasteiger partial charge is 0.196 e. The standard InChI is InChI=1S/C22H26O3/c1-3-5-6-10-16-25-20-15-14-19(22(24)18(20)11-4-2)21(23)17-12-8-7-9-13-17/h4,7-9,12-15,24H,2-3,5-6,10-11,16H2,1H3. The van der Waals surface area contributed by atoms with Crippen molar-refractivity contribution in [1.29, 1.82) is 0 Å². The maximum atomic E-state index is 12.6. The van der Waals surface area contributed by atoms with Gasteiger partial charge in [-0.3, -0.25) is 4.79 Å². The lowest BCUT2D eigenvalue weighted by Crippen LogP contribution is -2.06. The molecular formula is C22H26O3. The summed E-state index contributed by atoms with van der Waals surface area (Å²) in [7, 11) is 0. The molecule has 0 bridgehead atoms. The fourth-order valence-electron chi connectivity index (χ4n) is 2.73. The van der Waals surface area contributed by atoms with Crippen LogP contribution in [-0.2, 0) is 6.42 Å². The quantitative estimate of drug-likeness (QED) is 0.363. The van der Waals surface area contributed by atoms with Gasteiger partial charge in [-0.25, -0.2) is 0 Å². The molecule has 0 saturated heterocycles. The van der Waals surface area contributed by atoms with Crippen LogP contribution in [0.5, 0.6) is 11.5 Å². The number of phenolic OH excluding ortho intramolecular Hbond substituents is 1. The fraction of sp³-hybridized carbons (Fsp3) is 0.318. The Hall–Kier alpha value is -2.55. The van der Waals surface area contributed by atoms with Crippen molar-refractivity contribution >= 4 is 5.78 Å². The Morgan fingerprint density at radius 3 is 2.56 bits per heavy atom. The van der Waals surface area contributed by atoms with E-state index in [0.29, 0.717) is 35.5 Å². The molecular weight excluding hydrogens is 312 g/mol. The van der Waals surface area contributed by atoms with Crippen molar-refractivity contribution in [3.05, 3.63) is 71.8 Å². The first kappa shape index (κ1) is 18.8. The summed E-state index contributed by atoms with van der Waals surface area (Å²) >= 11 is 0. The molecule has 2 aromatic rings. The van der Waals surface area contributed by atoms with Gasteiger partial charge in [-0.15, -0.1) is 6.58 Å². The third-order valence-corrected chi connectivity index (χ3v) is 4.12. The van der Waals surface area contributed by atoms with E-state index in [4.69, 9.17) is 4.74 Å². The maximum absolute atomic E-state index is 12.6. The predicted octanol–water partition coefficient (Wildman–Crippen LogP) is 5.31. The van der Waals surface area contributed by atoms with Gasteiger partial charge in [-0.1, -0.05) is 62.6 Å². The van der Waals surface area contributed by atoms with Crippen molar-refractivity contribution in [2.45, 2.75) is 39.0 Å². The summed E-state index contributed by atoms with van der Waals surface area (Å²) in [6, 6.07) is 12.4. The Bertz CT molecular complexity index is 705. The number of rotatable bonds is 10. The van der Waals surface area contributed by atoms with Gasteiger partial charge in [-0.05, 0) is 25.0 Å². The van der Waals surface area contributed by atoms with Gasteiger partial charge in [0.1, 0.15) is 11.5 Å². The molecule has 0 unspecified atom stereocenters. The summed E-state index contributed by atoms with van der Waals surface area (Å²) in [6.45, 7) is 6.52. The number of aromatic hydroxyl groups is 1. The van der Waals surface area contributed by atoms with Crippen molar-refractivity contribution in [2.75, 3.05) is 6.61 Å². The summed E-state index contributed by atoms with van der Waals surface area (Å²) in [5.74, 6) is 0.413. The highest BCUT2D eigenvalue weighted by Gasteiger charge is 2.19. The number of allylic oxidation sites excluding steroid dienone is 1. The molecule has 0 aliphatic carbocycles. The van der Waals surface area contributed by atoms with Crippen molar-refractivity contribution < 1.29 is 14.6 Å². The van der Waals surface area contributed by atoms with Crippen LogP contribution in [0, 0.1) is 0 Å². The van der Waals surface area contributed by atoms with E-state index >= 15 is 0 Å². The number of ketones is 1. The zero-order chi connectivity index (χ0) is 18.1. The second-order valence-corrected chi connectivity index (χ2v) is 6.04. The topological polar surface area (TPSA) is 46.5 Å². The van der Waals surface area contributed by atoms with Crippen molar-refractivity contribution in [2.24, 2.45) is 0 Å². The van der Waals surface area contributed by atoms with Gasteiger partial charge < -0.3 is 9.84 Å². The highest BCUT2D eigenvalue weighted by atomic mass is 16.5. The van der Waals surface area contributed by atoms with Crippen LogP contribution in [0.1, 0.15) is 54.1 Å². The van der Waals surface area contributed by atoms with Crippen LogP contribution in [0.2, 0.25) is 0 Å². The molecule has 132 valence electrons. The molecule has 0 amide bonds. The molecule has 1 N–H and O–H groups in total. The molecule has 0 spiro atoms. The third kappa shape index (κ3) is 4.96. The fourth-order valence-corrected chi connectivity index (χ4v) is 2.73. The molecule has 0 aliphatic rings. The molecule has 0 aliphatic heterocycles. The normalized spacial score (nSPS) is 10.4. The average Bonchev–Trinajstić information content (AvgIpc) is 2.64. The highest BCUT2D eigenvalue weighted by Crippen LogP contribution is 2.33. The number of benzene rings is 2.